The molecule has 0 aliphatic rings. The number of benzene rings is 3. The lowest BCUT2D eigenvalue weighted by Crippen LogP contribution is -2.29. The molecule has 0 saturated heterocycles. The van der Waals surface area contributed by atoms with Gasteiger partial charge in [-0.3, -0.25) is 0 Å². The molecule has 1 N–H and O–H groups in total. The zero-order chi connectivity index (χ0) is 19.5. The Morgan fingerprint density at radius 2 is 1.15 bits per heavy atom. The van der Waals surface area contributed by atoms with E-state index in [2.05, 4.69) is 25.5 Å². The van der Waals surface area contributed by atoms with Gasteiger partial charge in [-0.05, 0) is 34.2 Å². The van der Waals surface area contributed by atoms with Gasteiger partial charge in [0.05, 0.1) is 10.9 Å². The van der Waals surface area contributed by atoms with E-state index >= 15 is 0 Å². The summed E-state index contributed by atoms with van der Waals surface area (Å²) in [5, 5.41) is 0. The van der Waals surface area contributed by atoms with Gasteiger partial charge in [0.1, 0.15) is 0 Å². The number of hydrogen-bond acceptors (Lipinski definition) is 2. The topological polar surface area (TPSA) is 46.2 Å². The van der Waals surface area contributed by atoms with Crippen LogP contribution in [-0.2, 0) is 15.4 Å². The van der Waals surface area contributed by atoms with E-state index in [0.29, 0.717) is 0 Å². The fourth-order valence-electron chi connectivity index (χ4n) is 2.98. The molecule has 0 heterocycles. The van der Waals surface area contributed by atoms with Crippen LogP contribution in [0.2, 0.25) is 0 Å². The Morgan fingerprint density at radius 3 is 1.56 bits per heavy atom. The van der Waals surface area contributed by atoms with Crippen LogP contribution in [0.3, 0.4) is 0 Å². The summed E-state index contributed by atoms with van der Waals surface area (Å²) in [4.78, 5) is 0.271. The molecule has 0 fully saturated rings. The van der Waals surface area contributed by atoms with Crippen LogP contribution in [0, 0.1) is 0 Å². The Kier molecular flexibility index (Phi) is 5.49. The Bertz CT molecular complexity index is 935. The zero-order valence-electron chi connectivity index (χ0n) is 15.9. The highest BCUT2D eigenvalue weighted by Gasteiger charge is 2.23. The lowest BCUT2D eigenvalue weighted by Gasteiger charge is -2.21. The van der Waals surface area contributed by atoms with Crippen molar-refractivity contribution in [2.75, 3.05) is 0 Å². The Hall–Kier alpha value is -2.43. The first kappa shape index (κ1) is 19.3. The summed E-state index contributed by atoms with van der Waals surface area (Å²) in [6.45, 7) is 6.32. The maximum atomic E-state index is 13.0. The minimum absolute atomic E-state index is 0.0215. The molecule has 0 aromatic heterocycles. The van der Waals surface area contributed by atoms with Gasteiger partial charge < -0.3 is 0 Å². The molecule has 3 rings (SSSR count). The largest absolute Gasteiger partial charge is 0.241 e. The van der Waals surface area contributed by atoms with Crippen LogP contribution in [0.15, 0.2) is 89.8 Å². The highest BCUT2D eigenvalue weighted by molar-refractivity contribution is 7.89. The predicted octanol–water partition coefficient (Wildman–Crippen LogP) is 5.05. The van der Waals surface area contributed by atoms with E-state index in [9.17, 15) is 8.42 Å². The highest BCUT2D eigenvalue weighted by atomic mass is 32.2. The second kappa shape index (κ2) is 7.67. The maximum absolute atomic E-state index is 13.0. The number of hydrogen-bond donors (Lipinski definition) is 1. The first-order valence-electron chi connectivity index (χ1n) is 9.00. The van der Waals surface area contributed by atoms with Crippen LogP contribution in [0.5, 0.6) is 0 Å². The van der Waals surface area contributed by atoms with Crippen molar-refractivity contribution >= 4 is 10.0 Å². The van der Waals surface area contributed by atoms with E-state index in [1.165, 1.54) is 0 Å². The zero-order valence-corrected chi connectivity index (χ0v) is 16.7. The smallest absolute Gasteiger partial charge is 0.207 e. The van der Waals surface area contributed by atoms with Crippen LogP contribution in [-0.4, -0.2) is 8.42 Å². The van der Waals surface area contributed by atoms with Crippen molar-refractivity contribution in [1.82, 2.24) is 4.72 Å². The molecule has 4 heteroatoms. The molecule has 0 spiro atoms. The van der Waals surface area contributed by atoms with Crippen molar-refractivity contribution in [1.29, 1.82) is 0 Å². The van der Waals surface area contributed by atoms with Crippen molar-refractivity contribution < 1.29 is 8.42 Å². The molecule has 0 bridgehead atoms. The molecule has 3 aromatic rings. The third-order valence-electron chi connectivity index (χ3n) is 4.57. The van der Waals surface area contributed by atoms with E-state index in [-0.39, 0.29) is 10.3 Å². The number of sulfonamides is 1. The molecule has 27 heavy (non-hydrogen) atoms. The molecular formula is C23H25NO2S. The molecule has 3 aromatic carbocycles. The number of rotatable bonds is 5. The van der Waals surface area contributed by atoms with Crippen molar-refractivity contribution in [2.45, 2.75) is 37.1 Å². The minimum Gasteiger partial charge on any atom is -0.207 e. The van der Waals surface area contributed by atoms with Gasteiger partial charge in [-0.15, -0.1) is 0 Å². The van der Waals surface area contributed by atoms with Crippen LogP contribution < -0.4 is 4.72 Å². The molecule has 0 amide bonds. The summed E-state index contributed by atoms with van der Waals surface area (Å²) >= 11 is 0. The van der Waals surface area contributed by atoms with Crippen molar-refractivity contribution in [3.05, 3.63) is 102 Å². The summed E-state index contributed by atoms with van der Waals surface area (Å²) in [7, 11) is -3.67. The average molecular weight is 380 g/mol. The third kappa shape index (κ3) is 4.65. The van der Waals surface area contributed by atoms with Gasteiger partial charge in [0.2, 0.25) is 10.0 Å². The Balaban J connectivity index is 1.95. The van der Waals surface area contributed by atoms with Gasteiger partial charge in [-0.1, -0.05) is 93.6 Å². The summed E-state index contributed by atoms with van der Waals surface area (Å²) in [6.07, 6.45) is 0. The lowest BCUT2D eigenvalue weighted by atomic mass is 9.87. The third-order valence-corrected chi connectivity index (χ3v) is 6.01. The van der Waals surface area contributed by atoms with Crippen LogP contribution >= 0.6 is 0 Å². The summed E-state index contributed by atoms with van der Waals surface area (Å²) in [5.41, 5.74) is 2.88. The van der Waals surface area contributed by atoms with E-state index < -0.39 is 16.1 Å². The van der Waals surface area contributed by atoms with Gasteiger partial charge in [0.25, 0.3) is 0 Å². The Morgan fingerprint density at radius 1 is 0.704 bits per heavy atom. The van der Waals surface area contributed by atoms with E-state index in [1.54, 1.807) is 12.1 Å². The van der Waals surface area contributed by atoms with Crippen molar-refractivity contribution in [2.24, 2.45) is 0 Å². The van der Waals surface area contributed by atoms with Gasteiger partial charge in [0, 0.05) is 0 Å². The Labute approximate surface area is 162 Å². The monoisotopic (exact) mass is 379 g/mol. The summed E-state index contributed by atoms with van der Waals surface area (Å²) in [6, 6.07) is 25.9. The second-order valence-corrected chi connectivity index (χ2v) is 9.36. The molecule has 0 radical (unpaired) electrons. The summed E-state index contributed by atoms with van der Waals surface area (Å²) < 4.78 is 29.0. The van der Waals surface area contributed by atoms with Gasteiger partial charge in [-0.2, -0.15) is 4.72 Å². The van der Waals surface area contributed by atoms with E-state index in [1.807, 2.05) is 72.8 Å². The predicted molar refractivity (Wildman–Crippen MR) is 110 cm³/mol. The van der Waals surface area contributed by atoms with Gasteiger partial charge in [-0.25, -0.2) is 8.42 Å². The maximum Gasteiger partial charge on any atom is 0.241 e. The standard InChI is InChI=1S/C23H25NO2S/c1-23(2,3)20-14-16-21(17-15-20)27(25,26)24-22(18-10-6-4-7-11-18)19-12-8-5-9-13-19/h4-17,22,24H,1-3H3. The number of nitrogens with one attached hydrogen (secondary N) is 1. The van der Waals surface area contributed by atoms with E-state index in [0.717, 1.165) is 16.7 Å². The van der Waals surface area contributed by atoms with Crippen LogP contribution in [0.1, 0.15) is 43.5 Å². The SMILES string of the molecule is CC(C)(C)c1ccc(S(=O)(=O)NC(c2ccccc2)c2ccccc2)cc1. The molecule has 0 atom stereocenters. The molecule has 0 unspecified atom stereocenters. The van der Waals surface area contributed by atoms with Crippen LogP contribution in [0.25, 0.3) is 0 Å². The molecular weight excluding hydrogens is 354 g/mol. The second-order valence-electron chi connectivity index (χ2n) is 7.65. The van der Waals surface area contributed by atoms with Crippen LogP contribution in [0.4, 0.5) is 0 Å². The van der Waals surface area contributed by atoms with Gasteiger partial charge in [0.15, 0.2) is 0 Å². The first-order chi connectivity index (χ1) is 12.8. The normalized spacial score (nSPS) is 12.3. The molecule has 0 saturated carbocycles. The van der Waals surface area contributed by atoms with Gasteiger partial charge >= 0.3 is 0 Å². The minimum atomic E-state index is -3.67. The lowest BCUT2D eigenvalue weighted by molar-refractivity contribution is 0.570. The highest BCUT2D eigenvalue weighted by Crippen LogP contribution is 2.26. The molecule has 0 aliphatic heterocycles. The molecule has 3 nitrogen and oxygen atoms in total. The van der Waals surface area contributed by atoms with E-state index in [4.69, 9.17) is 0 Å². The average Bonchev–Trinajstić information content (AvgIpc) is 2.67. The molecule has 140 valence electrons. The quantitative estimate of drug-likeness (QED) is 0.674. The van der Waals surface area contributed by atoms with Crippen molar-refractivity contribution in [3.63, 3.8) is 0 Å². The first-order valence-corrected chi connectivity index (χ1v) is 10.5. The fraction of sp³-hybridized carbons (Fsp3) is 0.217. The summed E-state index contributed by atoms with van der Waals surface area (Å²) in [5.74, 6) is 0. The van der Waals surface area contributed by atoms with Crippen molar-refractivity contribution in [3.8, 4) is 0 Å². The fourth-order valence-corrected chi connectivity index (χ4v) is 4.19. The molecule has 0 aliphatic carbocycles.